The molecule has 1 amide bonds. The van der Waals surface area contributed by atoms with Crippen LogP contribution in [0.4, 0.5) is 0 Å². The molecule has 1 heterocycles. The molecule has 140 valence electrons. The summed E-state index contributed by atoms with van der Waals surface area (Å²) in [5.74, 6) is 0.190. The zero-order valence-electron chi connectivity index (χ0n) is 14.8. The fourth-order valence-electron chi connectivity index (χ4n) is 2.72. The Kier molecular flexibility index (Phi) is 7.22. The van der Waals surface area contributed by atoms with Crippen LogP contribution >= 0.6 is 0 Å². The van der Waals surface area contributed by atoms with Crippen LogP contribution in [0.5, 0.6) is 5.75 Å². The molecule has 25 heavy (non-hydrogen) atoms. The highest BCUT2D eigenvalue weighted by Gasteiger charge is 2.25. The molecular weight excluding hydrogens is 344 g/mol. The van der Waals surface area contributed by atoms with Crippen molar-refractivity contribution in [2.24, 2.45) is 0 Å². The smallest absolute Gasteiger partial charge is 0.257 e. The van der Waals surface area contributed by atoms with Gasteiger partial charge in [0, 0.05) is 32.8 Å². The molecule has 1 aromatic carbocycles. The Morgan fingerprint density at radius 1 is 1.28 bits per heavy atom. The van der Waals surface area contributed by atoms with Crippen LogP contribution in [0.15, 0.2) is 23.1 Å². The standard InChI is InChI=1S/C17H26N2O5S/c1-3-24-12-6-9-18-25(21,22)14-7-8-16(23-2)15(13-14)17(20)19-10-4-5-11-19/h7-8,13,18H,3-6,9-12H2,1-2H3. The van der Waals surface area contributed by atoms with E-state index in [1.165, 1.54) is 25.3 Å². The van der Waals surface area contributed by atoms with E-state index in [-0.39, 0.29) is 22.9 Å². The first kappa shape index (κ1) is 19.7. The molecular formula is C17H26N2O5S. The molecule has 2 rings (SSSR count). The largest absolute Gasteiger partial charge is 0.496 e. The van der Waals surface area contributed by atoms with Gasteiger partial charge in [-0.3, -0.25) is 4.79 Å². The van der Waals surface area contributed by atoms with E-state index in [1.807, 2.05) is 6.92 Å². The molecule has 0 atom stereocenters. The quantitative estimate of drug-likeness (QED) is 0.668. The van der Waals surface area contributed by atoms with Crippen molar-refractivity contribution >= 4 is 15.9 Å². The van der Waals surface area contributed by atoms with Gasteiger partial charge in [0.1, 0.15) is 5.75 Å². The van der Waals surface area contributed by atoms with Gasteiger partial charge in [-0.05, 0) is 44.4 Å². The minimum Gasteiger partial charge on any atom is -0.496 e. The lowest BCUT2D eigenvalue weighted by Gasteiger charge is -2.18. The summed E-state index contributed by atoms with van der Waals surface area (Å²) in [5.41, 5.74) is 0.279. The number of methoxy groups -OCH3 is 1. The van der Waals surface area contributed by atoms with Crippen molar-refractivity contribution in [2.75, 3.05) is 40.0 Å². The number of hydrogen-bond acceptors (Lipinski definition) is 5. The second-order valence-corrected chi connectivity index (χ2v) is 7.58. The highest BCUT2D eigenvalue weighted by molar-refractivity contribution is 7.89. The predicted molar refractivity (Wildman–Crippen MR) is 94.4 cm³/mol. The molecule has 1 fully saturated rings. The Hall–Kier alpha value is -1.64. The van der Waals surface area contributed by atoms with Crippen LogP contribution in [0.2, 0.25) is 0 Å². The number of nitrogens with zero attached hydrogens (tertiary/aromatic N) is 1. The van der Waals surface area contributed by atoms with Crippen LogP contribution < -0.4 is 9.46 Å². The van der Waals surface area contributed by atoms with Crippen LogP contribution in [0, 0.1) is 0 Å². The normalized spacial score (nSPS) is 14.7. The van der Waals surface area contributed by atoms with E-state index in [2.05, 4.69) is 4.72 Å². The Bertz CT molecular complexity index is 684. The zero-order valence-corrected chi connectivity index (χ0v) is 15.6. The number of rotatable bonds is 9. The molecule has 8 heteroatoms. The van der Waals surface area contributed by atoms with Crippen molar-refractivity contribution in [3.8, 4) is 5.75 Å². The van der Waals surface area contributed by atoms with Crippen molar-refractivity contribution < 1.29 is 22.7 Å². The van der Waals surface area contributed by atoms with Gasteiger partial charge in [-0.1, -0.05) is 0 Å². The van der Waals surface area contributed by atoms with Crippen LogP contribution in [0.3, 0.4) is 0 Å². The van der Waals surface area contributed by atoms with Gasteiger partial charge in [0.25, 0.3) is 5.91 Å². The first-order valence-electron chi connectivity index (χ1n) is 8.54. The number of ether oxygens (including phenoxy) is 2. The molecule has 7 nitrogen and oxygen atoms in total. The molecule has 0 radical (unpaired) electrons. The Labute approximate surface area is 149 Å². The number of sulfonamides is 1. The first-order chi connectivity index (χ1) is 12.0. The van der Waals surface area contributed by atoms with Crippen LogP contribution in [0.1, 0.15) is 36.5 Å². The summed E-state index contributed by atoms with van der Waals surface area (Å²) in [4.78, 5) is 14.4. The molecule has 0 saturated carbocycles. The lowest BCUT2D eigenvalue weighted by Crippen LogP contribution is -2.29. The van der Waals surface area contributed by atoms with Crippen molar-refractivity contribution in [1.29, 1.82) is 0 Å². The molecule has 0 aliphatic carbocycles. The van der Waals surface area contributed by atoms with E-state index in [4.69, 9.17) is 9.47 Å². The SMILES string of the molecule is CCOCCCNS(=O)(=O)c1ccc(OC)c(C(=O)N2CCCC2)c1. The predicted octanol–water partition coefficient (Wildman–Crippen LogP) is 1.64. The minimum absolute atomic E-state index is 0.0623. The number of carbonyl (C=O) groups is 1. The van der Waals surface area contributed by atoms with Gasteiger partial charge >= 0.3 is 0 Å². The van der Waals surface area contributed by atoms with Gasteiger partial charge in [0.15, 0.2) is 0 Å². The third kappa shape index (κ3) is 5.17. The van der Waals surface area contributed by atoms with Crippen LogP contribution in [-0.4, -0.2) is 59.2 Å². The lowest BCUT2D eigenvalue weighted by atomic mass is 10.1. The summed E-state index contributed by atoms with van der Waals surface area (Å²) in [7, 11) is -2.22. The molecule has 0 spiro atoms. The number of nitrogens with one attached hydrogen (secondary N) is 1. The summed E-state index contributed by atoms with van der Waals surface area (Å²) in [6.45, 7) is 4.65. The van der Waals surface area contributed by atoms with Crippen LogP contribution in [-0.2, 0) is 14.8 Å². The Morgan fingerprint density at radius 2 is 2.00 bits per heavy atom. The van der Waals surface area contributed by atoms with Gasteiger partial charge in [-0.15, -0.1) is 0 Å². The summed E-state index contributed by atoms with van der Waals surface area (Å²) in [6, 6.07) is 4.37. The van der Waals surface area contributed by atoms with E-state index in [9.17, 15) is 13.2 Å². The molecule has 1 aromatic rings. The summed E-state index contributed by atoms with van der Waals surface area (Å²) in [5, 5.41) is 0. The number of hydrogen-bond donors (Lipinski definition) is 1. The number of likely N-dealkylation sites (tertiary alicyclic amines) is 1. The molecule has 1 N–H and O–H groups in total. The number of benzene rings is 1. The highest BCUT2D eigenvalue weighted by atomic mass is 32.2. The van der Waals surface area contributed by atoms with E-state index in [1.54, 1.807) is 4.90 Å². The van der Waals surface area contributed by atoms with Crippen molar-refractivity contribution in [3.63, 3.8) is 0 Å². The van der Waals surface area contributed by atoms with Crippen molar-refractivity contribution in [1.82, 2.24) is 9.62 Å². The molecule has 0 aromatic heterocycles. The third-order valence-corrected chi connectivity index (χ3v) is 5.53. The van der Waals surface area contributed by atoms with Crippen molar-refractivity contribution in [3.05, 3.63) is 23.8 Å². The summed E-state index contributed by atoms with van der Waals surface area (Å²) < 4.78 is 37.8. The Morgan fingerprint density at radius 3 is 2.64 bits per heavy atom. The first-order valence-corrected chi connectivity index (χ1v) is 10.0. The van der Waals surface area contributed by atoms with Gasteiger partial charge < -0.3 is 14.4 Å². The van der Waals surface area contributed by atoms with E-state index in [0.29, 0.717) is 38.5 Å². The van der Waals surface area contributed by atoms with Gasteiger partial charge in [-0.25, -0.2) is 13.1 Å². The fraction of sp³-hybridized carbons (Fsp3) is 0.588. The molecule has 1 aliphatic rings. The van der Waals surface area contributed by atoms with E-state index >= 15 is 0 Å². The molecule has 0 unspecified atom stereocenters. The number of carbonyl (C=O) groups excluding carboxylic acids is 1. The minimum atomic E-state index is -3.68. The van der Waals surface area contributed by atoms with E-state index in [0.717, 1.165) is 12.8 Å². The highest BCUT2D eigenvalue weighted by Crippen LogP contribution is 2.25. The summed E-state index contributed by atoms with van der Waals surface area (Å²) in [6.07, 6.45) is 2.52. The third-order valence-electron chi connectivity index (χ3n) is 4.07. The van der Waals surface area contributed by atoms with Crippen molar-refractivity contribution in [2.45, 2.75) is 31.1 Å². The van der Waals surface area contributed by atoms with Gasteiger partial charge in [0.05, 0.1) is 17.6 Å². The average molecular weight is 370 g/mol. The maximum Gasteiger partial charge on any atom is 0.257 e. The molecule has 1 saturated heterocycles. The topological polar surface area (TPSA) is 84.9 Å². The Balaban J connectivity index is 2.15. The maximum atomic E-state index is 12.7. The average Bonchev–Trinajstić information content (AvgIpc) is 3.15. The monoisotopic (exact) mass is 370 g/mol. The number of amides is 1. The van der Waals surface area contributed by atoms with Crippen LogP contribution in [0.25, 0.3) is 0 Å². The molecule has 0 bridgehead atoms. The zero-order chi connectivity index (χ0) is 18.3. The van der Waals surface area contributed by atoms with Gasteiger partial charge in [-0.2, -0.15) is 0 Å². The van der Waals surface area contributed by atoms with Gasteiger partial charge in [0.2, 0.25) is 10.0 Å². The van der Waals surface area contributed by atoms with E-state index < -0.39 is 10.0 Å². The second kappa shape index (κ2) is 9.17. The second-order valence-electron chi connectivity index (χ2n) is 5.81. The summed E-state index contributed by atoms with van der Waals surface area (Å²) >= 11 is 0. The maximum absolute atomic E-state index is 12.7. The molecule has 1 aliphatic heterocycles. The fourth-order valence-corrected chi connectivity index (χ4v) is 3.82. The lowest BCUT2D eigenvalue weighted by molar-refractivity contribution is 0.0789.